The van der Waals surface area contributed by atoms with Gasteiger partial charge >= 0.3 is 0 Å². The van der Waals surface area contributed by atoms with Gasteiger partial charge in [-0.05, 0) is 17.7 Å². The van der Waals surface area contributed by atoms with E-state index < -0.39 is 6.10 Å². The summed E-state index contributed by atoms with van der Waals surface area (Å²) in [6.07, 6.45) is -0.623. The lowest BCUT2D eigenvalue weighted by molar-refractivity contribution is 0.181. The molecule has 4 N–H and O–H groups in total. The first kappa shape index (κ1) is 11.8. The first-order valence-electron chi connectivity index (χ1n) is 4.53. The fourth-order valence-corrected chi connectivity index (χ4v) is 1.21. The normalized spacial score (nSPS) is 13.7. The Bertz CT molecular complexity index is 337. The van der Waals surface area contributed by atoms with Crippen LogP contribution >= 0.6 is 11.6 Å². The molecule has 0 spiro atoms. The van der Waals surface area contributed by atoms with Gasteiger partial charge in [0.1, 0.15) is 0 Å². The van der Waals surface area contributed by atoms with Crippen molar-refractivity contribution in [2.75, 3.05) is 13.6 Å². The van der Waals surface area contributed by atoms with E-state index in [9.17, 15) is 5.11 Å². The fourth-order valence-electron chi connectivity index (χ4n) is 1.08. The minimum absolute atomic E-state index is 0.308. The van der Waals surface area contributed by atoms with Crippen LogP contribution in [-0.4, -0.2) is 24.7 Å². The molecule has 0 saturated carbocycles. The molecular formula is C10H14ClN3O. The van der Waals surface area contributed by atoms with Crippen LogP contribution in [0.1, 0.15) is 11.7 Å². The molecule has 0 bridgehead atoms. The van der Waals surface area contributed by atoms with Crippen LogP contribution in [0, 0.1) is 0 Å². The zero-order valence-electron chi connectivity index (χ0n) is 8.44. The topological polar surface area (TPSA) is 70.6 Å². The molecule has 1 aromatic rings. The van der Waals surface area contributed by atoms with Crippen LogP contribution in [0.4, 0.5) is 0 Å². The Morgan fingerprint density at radius 3 is 2.67 bits per heavy atom. The van der Waals surface area contributed by atoms with Crippen molar-refractivity contribution in [3.8, 4) is 0 Å². The van der Waals surface area contributed by atoms with Gasteiger partial charge in [-0.3, -0.25) is 4.99 Å². The summed E-state index contributed by atoms with van der Waals surface area (Å²) in [5, 5.41) is 13.2. The van der Waals surface area contributed by atoms with Crippen LogP contribution in [0.5, 0.6) is 0 Å². The predicted octanol–water partition coefficient (Wildman–Crippen LogP) is 0.908. The summed E-state index contributed by atoms with van der Waals surface area (Å²) in [6, 6.07) is 7.01. The number of guanidine groups is 1. The minimum atomic E-state index is -0.623. The third-order valence-electron chi connectivity index (χ3n) is 1.97. The second kappa shape index (κ2) is 5.58. The summed E-state index contributed by atoms with van der Waals surface area (Å²) >= 11 is 5.73. The molecular weight excluding hydrogens is 214 g/mol. The summed E-state index contributed by atoms with van der Waals surface area (Å²) in [6.45, 7) is 0.324. The standard InChI is InChI=1S/C10H14ClN3O/c1-13-10(12)14-6-9(15)7-2-4-8(11)5-3-7/h2-5,9,15H,6H2,1H3,(H3,12,13,14). The number of nitrogens with two attached hydrogens (primary N) is 1. The largest absolute Gasteiger partial charge is 0.387 e. The molecule has 0 fully saturated rings. The molecule has 0 aliphatic heterocycles. The molecule has 4 nitrogen and oxygen atoms in total. The SMILES string of the molecule is CN=C(N)NCC(O)c1ccc(Cl)cc1. The highest BCUT2D eigenvalue weighted by Gasteiger charge is 2.06. The predicted molar refractivity (Wildman–Crippen MR) is 62.0 cm³/mol. The Kier molecular flexibility index (Phi) is 4.39. The number of nitrogens with one attached hydrogen (secondary N) is 1. The van der Waals surface area contributed by atoms with E-state index in [1.807, 2.05) is 0 Å². The van der Waals surface area contributed by atoms with Gasteiger partial charge < -0.3 is 16.2 Å². The zero-order valence-corrected chi connectivity index (χ0v) is 9.20. The van der Waals surface area contributed by atoms with E-state index in [-0.39, 0.29) is 0 Å². The van der Waals surface area contributed by atoms with Gasteiger partial charge in [0, 0.05) is 18.6 Å². The molecule has 0 radical (unpaired) electrons. The number of benzene rings is 1. The molecule has 1 atom stereocenters. The van der Waals surface area contributed by atoms with E-state index in [4.69, 9.17) is 17.3 Å². The van der Waals surface area contributed by atoms with Crippen LogP contribution in [0.15, 0.2) is 29.3 Å². The van der Waals surface area contributed by atoms with Gasteiger partial charge in [-0.25, -0.2) is 0 Å². The van der Waals surface area contributed by atoms with Crippen molar-refractivity contribution in [3.63, 3.8) is 0 Å². The van der Waals surface area contributed by atoms with Crippen molar-refractivity contribution in [1.82, 2.24) is 5.32 Å². The van der Waals surface area contributed by atoms with E-state index in [2.05, 4.69) is 10.3 Å². The molecule has 1 aromatic carbocycles. The van der Waals surface area contributed by atoms with Crippen LogP contribution < -0.4 is 11.1 Å². The second-order valence-corrected chi connectivity index (χ2v) is 3.49. The van der Waals surface area contributed by atoms with Crippen molar-refractivity contribution in [1.29, 1.82) is 0 Å². The van der Waals surface area contributed by atoms with E-state index in [1.165, 1.54) is 0 Å². The summed E-state index contributed by atoms with van der Waals surface area (Å²) in [4.78, 5) is 3.72. The molecule has 0 heterocycles. The van der Waals surface area contributed by atoms with Crippen molar-refractivity contribution >= 4 is 17.6 Å². The Morgan fingerprint density at radius 1 is 1.53 bits per heavy atom. The lowest BCUT2D eigenvalue weighted by Crippen LogP contribution is -2.34. The lowest BCUT2D eigenvalue weighted by atomic mass is 10.1. The number of aliphatic imine (C=N–C) groups is 1. The quantitative estimate of drug-likeness (QED) is 0.531. The Morgan fingerprint density at radius 2 is 2.13 bits per heavy atom. The van der Waals surface area contributed by atoms with E-state index in [0.717, 1.165) is 5.56 Å². The highest BCUT2D eigenvalue weighted by molar-refractivity contribution is 6.30. The summed E-state index contributed by atoms with van der Waals surface area (Å²) in [5.74, 6) is 0.308. The number of hydrogen-bond donors (Lipinski definition) is 3. The maximum absolute atomic E-state index is 9.74. The summed E-state index contributed by atoms with van der Waals surface area (Å²) in [7, 11) is 1.58. The first-order chi connectivity index (χ1) is 7.13. The van der Waals surface area contributed by atoms with Crippen molar-refractivity contribution in [3.05, 3.63) is 34.9 Å². The number of aliphatic hydroxyl groups excluding tert-OH is 1. The molecule has 0 aromatic heterocycles. The molecule has 0 amide bonds. The highest BCUT2D eigenvalue weighted by atomic mass is 35.5. The van der Waals surface area contributed by atoms with E-state index >= 15 is 0 Å². The molecule has 0 saturated heterocycles. The number of halogens is 1. The number of aliphatic hydroxyl groups is 1. The van der Waals surface area contributed by atoms with Gasteiger partial charge in [-0.15, -0.1) is 0 Å². The van der Waals surface area contributed by atoms with E-state index in [1.54, 1.807) is 31.3 Å². The lowest BCUT2D eigenvalue weighted by Gasteiger charge is -2.12. The smallest absolute Gasteiger partial charge is 0.188 e. The maximum Gasteiger partial charge on any atom is 0.188 e. The van der Waals surface area contributed by atoms with Crippen molar-refractivity contribution < 1.29 is 5.11 Å². The van der Waals surface area contributed by atoms with Gasteiger partial charge in [0.2, 0.25) is 0 Å². The van der Waals surface area contributed by atoms with Gasteiger partial charge in [-0.2, -0.15) is 0 Å². The minimum Gasteiger partial charge on any atom is -0.387 e. The molecule has 1 rings (SSSR count). The molecule has 0 aliphatic carbocycles. The van der Waals surface area contributed by atoms with Gasteiger partial charge in [0.25, 0.3) is 0 Å². The fraction of sp³-hybridized carbons (Fsp3) is 0.300. The Balaban J connectivity index is 2.53. The van der Waals surface area contributed by atoms with E-state index in [0.29, 0.717) is 17.5 Å². The molecule has 15 heavy (non-hydrogen) atoms. The maximum atomic E-state index is 9.74. The molecule has 0 aliphatic rings. The zero-order chi connectivity index (χ0) is 11.3. The third kappa shape index (κ3) is 3.77. The first-order valence-corrected chi connectivity index (χ1v) is 4.91. The van der Waals surface area contributed by atoms with Gasteiger partial charge in [0.05, 0.1) is 6.10 Å². The molecule has 5 heteroatoms. The number of rotatable bonds is 3. The Hall–Kier alpha value is -1.26. The average Bonchev–Trinajstić information content (AvgIpc) is 2.26. The monoisotopic (exact) mass is 227 g/mol. The van der Waals surface area contributed by atoms with Crippen molar-refractivity contribution in [2.24, 2.45) is 10.7 Å². The van der Waals surface area contributed by atoms with Crippen LogP contribution in [-0.2, 0) is 0 Å². The number of nitrogens with zero attached hydrogens (tertiary/aromatic N) is 1. The molecule has 1 unspecified atom stereocenters. The summed E-state index contributed by atoms with van der Waals surface area (Å²) in [5.41, 5.74) is 6.22. The van der Waals surface area contributed by atoms with Crippen LogP contribution in [0.2, 0.25) is 5.02 Å². The van der Waals surface area contributed by atoms with Crippen LogP contribution in [0.25, 0.3) is 0 Å². The highest BCUT2D eigenvalue weighted by Crippen LogP contribution is 2.15. The van der Waals surface area contributed by atoms with Gasteiger partial charge in [0.15, 0.2) is 5.96 Å². The Labute approximate surface area is 93.8 Å². The third-order valence-corrected chi connectivity index (χ3v) is 2.22. The van der Waals surface area contributed by atoms with Gasteiger partial charge in [-0.1, -0.05) is 23.7 Å². The van der Waals surface area contributed by atoms with Crippen molar-refractivity contribution in [2.45, 2.75) is 6.10 Å². The summed E-state index contributed by atoms with van der Waals surface area (Å²) < 4.78 is 0. The number of hydrogen-bond acceptors (Lipinski definition) is 2. The second-order valence-electron chi connectivity index (χ2n) is 3.06. The van der Waals surface area contributed by atoms with Crippen LogP contribution in [0.3, 0.4) is 0 Å². The average molecular weight is 228 g/mol. The molecule has 82 valence electrons.